The number of hydrogen-bond donors (Lipinski definition) is 1. The molecule has 0 aliphatic carbocycles. The van der Waals surface area contributed by atoms with Crippen molar-refractivity contribution in [2.24, 2.45) is 0 Å². The summed E-state index contributed by atoms with van der Waals surface area (Å²) in [7, 11) is 0. The van der Waals surface area contributed by atoms with Gasteiger partial charge in [-0.15, -0.1) is 0 Å². The van der Waals surface area contributed by atoms with Gasteiger partial charge in [-0.3, -0.25) is 19.7 Å². The second-order valence-corrected chi connectivity index (χ2v) is 6.29. The molecule has 0 aromatic heterocycles. The molecule has 7 heteroatoms. The van der Waals surface area contributed by atoms with Gasteiger partial charge in [-0.2, -0.15) is 0 Å². The van der Waals surface area contributed by atoms with Crippen LogP contribution in [0.3, 0.4) is 0 Å². The van der Waals surface area contributed by atoms with Gasteiger partial charge >= 0.3 is 5.97 Å². The minimum atomic E-state index is -0.950. The number of carboxylic acids is 1. The number of hydrogen-bond acceptors (Lipinski definition) is 4. The van der Waals surface area contributed by atoms with Crippen LogP contribution in [-0.4, -0.2) is 33.4 Å². The van der Waals surface area contributed by atoms with E-state index in [9.17, 15) is 24.8 Å². The molecule has 0 saturated heterocycles. The molecule has 26 heavy (non-hydrogen) atoms. The normalized spacial score (nSPS) is 16.0. The maximum absolute atomic E-state index is 12.6. The van der Waals surface area contributed by atoms with Crippen molar-refractivity contribution in [1.29, 1.82) is 0 Å². The van der Waals surface area contributed by atoms with E-state index >= 15 is 0 Å². The number of non-ortho nitro benzene ring substituents is 1. The van der Waals surface area contributed by atoms with E-state index in [4.69, 9.17) is 0 Å². The molecule has 0 bridgehead atoms. The van der Waals surface area contributed by atoms with Crippen LogP contribution >= 0.6 is 0 Å². The monoisotopic (exact) mass is 354 g/mol. The second-order valence-electron chi connectivity index (χ2n) is 6.29. The van der Waals surface area contributed by atoms with Gasteiger partial charge in [0.25, 0.3) is 5.69 Å². The van der Waals surface area contributed by atoms with E-state index in [0.717, 1.165) is 11.1 Å². The number of rotatable bonds is 5. The van der Waals surface area contributed by atoms with Gasteiger partial charge in [-0.25, -0.2) is 0 Å². The third-order valence-electron chi connectivity index (χ3n) is 4.59. The number of carbonyl (C=O) groups is 2. The van der Waals surface area contributed by atoms with Gasteiger partial charge in [-0.05, 0) is 23.1 Å². The Bertz CT molecular complexity index is 865. The number of fused-ring (bicyclic) bond motifs is 1. The quantitative estimate of drug-likeness (QED) is 0.657. The largest absolute Gasteiger partial charge is 0.481 e. The van der Waals surface area contributed by atoms with Crippen molar-refractivity contribution >= 4 is 17.6 Å². The van der Waals surface area contributed by atoms with Crippen LogP contribution in [0.5, 0.6) is 0 Å². The lowest BCUT2D eigenvalue weighted by Crippen LogP contribution is -2.40. The molecule has 1 atom stereocenters. The third-order valence-corrected chi connectivity index (χ3v) is 4.59. The number of benzene rings is 2. The Morgan fingerprint density at radius 1 is 1.19 bits per heavy atom. The fourth-order valence-electron chi connectivity index (χ4n) is 3.24. The van der Waals surface area contributed by atoms with E-state index in [1.807, 2.05) is 12.1 Å². The molecule has 1 heterocycles. The lowest BCUT2D eigenvalue weighted by molar-refractivity contribution is -0.384. The van der Waals surface area contributed by atoms with Crippen molar-refractivity contribution < 1.29 is 19.6 Å². The molecule has 3 rings (SSSR count). The summed E-state index contributed by atoms with van der Waals surface area (Å²) in [4.78, 5) is 36.0. The van der Waals surface area contributed by atoms with E-state index in [1.165, 1.54) is 12.1 Å². The molecule has 0 fully saturated rings. The summed E-state index contributed by atoms with van der Waals surface area (Å²) in [6, 6.07) is 13.5. The average Bonchev–Trinajstić information content (AvgIpc) is 2.65. The molecule has 1 amide bonds. The van der Waals surface area contributed by atoms with Gasteiger partial charge in [0.2, 0.25) is 5.91 Å². The predicted molar refractivity (Wildman–Crippen MR) is 93.7 cm³/mol. The summed E-state index contributed by atoms with van der Waals surface area (Å²) in [6.07, 6.45) is 0.548. The topological polar surface area (TPSA) is 101 Å². The first kappa shape index (κ1) is 17.6. The minimum Gasteiger partial charge on any atom is -0.481 e. The zero-order chi connectivity index (χ0) is 18.7. The Morgan fingerprint density at radius 2 is 1.96 bits per heavy atom. The fraction of sp³-hybridized carbons (Fsp3) is 0.263. The molecule has 1 N–H and O–H groups in total. The Morgan fingerprint density at radius 3 is 2.69 bits per heavy atom. The molecule has 2 aromatic rings. The van der Waals surface area contributed by atoms with E-state index in [1.54, 1.807) is 29.2 Å². The molecule has 1 aliphatic rings. The highest BCUT2D eigenvalue weighted by molar-refractivity contribution is 5.81. The standard InChI is InChI=1S/C19H18N2O5/c22-18(9-8-13-4-3-6-15(10-13)21(25)26)20-11-14-5-1-2-7-16(14)17(12-20)19(23)24/h1-7,10,17H,8-9,11-12H2,(H,23,24). The van der Waals surface area contributed by atoms with Gasteiger partial charge in [-0.1, -0.05) is 36.4 Å². The van der Waals surface area contributed by atoms with E-state index in [0.29, 0.717) is 18.5 Å². The number of aryl methyl sites for hydroxylation is 1. The van der Waals surface area contributed by atoms with Crippen LogP contribution in [0.2, 0.25) is 0 Å². The van der Waals surface area contributed by atoms with Gasteiger partial charge in [0.1, 0.15) is 0 Å². The average molecular weight is 354 g/mol. The first-order valence-corrected chi connectivity index (χ1v) is 8.27. The van der Waals surface area contributed by atoms with E-state index in [2.05, 4.69) is 0 Å². The maximum Gasteiger partial charge on any atom is 0.312 e. The number of nitrogens with zero attached hydrogens (tertiary/aromatic N) is 2. The highest BCUT2D eigenvalue weighted by Crippen LogP contribution is 2.29. The van der Waals surface area contributed by atoms with Crippen molar-refractivity contribution in [1.82, 2.24) is 4.90 Å². The molecular formula is C19H18N2O5. The number of nitro groups is 1. The number of carbonyl (C=O) groups excluding carboxylic acids is 1. The van der Waals surface area contributed by atoms with Crippen molar-refractivity contribution in [3.63, 3.8) is 0 Å². The van der Waals surface area contributed by atoms with Crippen LogP contribution in [-0.2, 0) is 22.6 Å². The van der Waals surface area contributed by atoms with Crippen LogP contribution in [0.4, 0.5) is 5.69 Å². The Balaban J connectivity index is 1.70. The van der Waals surface area contributed by atoms with Gasteiger partial charge in [0, 0.05) is 31.6 Å². The number of carboxylic acid groups (broad SMARTS) is 1. The van der Waals surface area contributed by atoms with Crippen molar-refractivity contribution in [2.75, 3.05) is 6.54 Å². The Hall–Kier alpha value is -3.22. The van der Waals surface area contributed by atoms with Crippen LogP contribution < -0.4 is 0 Å². The molecule has 2 aromatic carbocycles. The highest BCUT2D eigenvalue weighted by atomic mass is 16.6. The van der Waals surface area contributed by atoms with Crippen molar-refractivity contribution in [2.45, 2.75) is 25.3 Å². The van der Waals surface area contributed by atoms with Crippen LogP contribution in [0.1, 0.15) is 29.0 Å². The predicted octanol–water partition coefficient (Wildman–Crippen LogP) is 2.74. The van der Waals surface area contributed by atoms with E-state index < -0.39 is 16.8 Å². The third kappa shape index (κ3) is 3.72. The highest BCUT2D eigenvalue weighted by Gasteiger charge is 2.32. The first-order valence-electron chi connectivity index (χ1n) is 8.27. The van der Waals surface area contributed by atoms with Crippen LogP contribution in [0, 0.1) is 10.1 Å². The van der Waals surface area contributed by atoms with Gasteiger partial charge < -0.3 is 10.0 Å². The first-order chi connectivity index (χ1) is 12.5. The molecule has 0 radical (unpaired) electrons. The minimum absolute atomic E-state index is 0.00668. The molecule has 134 valence electrons. The maximum atomic E-state index is 12.6. The SMILES string of the molecule is O=C(O)C1CN(C(=O)CCc2cccc([N+](=O)[O-])c2)Cc2ccccc21. The second kappa shape index (κ2) is 7.35. The molecule has 1 unspecified atom stereocenters. The summed E-state index contributed by atoms with van der Waals surface area (Å²) in [6.45, 7) is 0.522. The molecule has 0 spiro atoms. The zero-order valence-corrected chi connectivity index (χ0v) is 14.0. The van der Waals surface area contributed by atoms with Crippen molar-refractivity contribution in [3.8, 4) is 0 Å². The van der Waals surface area contributed by atoms with Crippen molar-refractivity contribution in [3.05, 3.63) is 75.3 Å². The number of amides is 1. The summed E-state index contributed by atoms with van der Waals surface area (Å²) >= 11 is 0. The lowest BCUT2D eigenvalue weighted by Gasteiger charge is -2.33. The van der Waals surface area contributed by atoms with Crippen LogP contribution in [0.25, 0.3) is 0 Å². The molecule has 0 saturated carbocycles. The van der Waals surface area contributed by atoms with Gasteiger partial charge in [0.05, 0.1) is 10.8 Å². The zero-order valence-electron chi connectivity index (χ0n) is 14.0. The summed E-state index contributed by atoms with van der Waals surface area (Å²) in [5, 5.41) is 20.3. The summed E-state index contributed by atoms with van der Waals surface area (Å²) in [5.74, 6) is -1.84. The number of nitro benzene ring substituents is 1. The Kier molecular flexibility index (Phi) is 4.97. The smallest absolute Gasteiger partial charge is 0.312 e. The molecule has 1 aliphatic heterocycles. The van der Waals surface area contributed by atoms with Crippen LogP contribution in [0.15, 0.2) is 48.5 Å². The molecular weight excluding hydrogens is 336 g/mol. The molecule has 7 nitrogen and oxygen atoms in total. The lowest BCUT2D eigenvalue weighted by atomic mass is 9.89. The number of aliphatic carboxylic acids is 1. The fourth-order valence-corrected chi connectivity index (χ4v) is 3.24. The Labute approximate surface area is 150 Å². The van der Waals surface area contributed by atoms with Gasteiger partial charge in [0.15, 0.2) is 0 Å². The summed E-state index contributed by atoms with van der Waals surface area (Å²) < 4.78 is 0. The van der Waals surface area contributed by atoms with E-state index in [-0.39, 0.29) is 24.6 Å². The summed E-state index contributed by atoms with van der Waals surface area (Å²) in [5.41, 5.74) is 2.30.